The molecule has 1 unspecified atom stereocenters. The predicted octanol–water partition coefficient (Wildman–Crippen LogP) is 1.14. The lowest BCUT2D eigenvalue weighted by atomic mass is 9.96. The molecule has 0 radical (unpaired) electrons. The van der Waals surface area contributed by atoms with Crippen LogP contribution < -0.4 is 15.4 Å². The highest BCUT2D eigenvalue weighted by Gasteiger charge is 2.28. The number of carbonyl (C=O) groups excluding carboxylic acids is 1. The number of ether oxygens (including phenoxy) is 1. The molecule has 2 heterocycles. The van der Waals surface area contributed by atoms with Crippen molar-refractivity contribution in [1.82, 2.24) is 0 Å². The number of hydrogen-bond acceptors (Lipinski definition) is 4. The van der Waals surface area contributed by atoms with Crippen molar-refractivity contribution in [2.24, 2.45) is 0 Å². The highest BCUT2D eigenvalue weighted by molar-refractivity contribution is 7.16. The van der Waals surface area contributed by atoms with Crippen LogP contribution in [0.2, 0.25) is 0 Å². The first-order valence-electron chi connectivity index (χ1n) is 7.00. The topological polar surface area (TPSA) is 56.8 Å². The smallest absolute Gasteiger partial charge is 0.196 e. The van der Waals surface area contributed by atoms with Crippen molar-refractivity contribution in [1.29, 1.82) is 0 Å². The third kappa shape index (κ3) is 2.54. The zero-order valence-electron chi connectivity index (χ0n) is 12.2. The SMILES string of the molecule is COc1ccc(C(=O)c2c(N)sc3c2CC[NH+](C)C3)cc1. The van der Waals surface area contributed by atoms with E-state index >= 15 is 0 Å². The van der Waals surface area contributed by atoms with Gasteiger partial charge in [0.2, 0.25) is 0 Å². The molecule has 0 fully saturated rings. The molecule has 0 bridgehead atoms. The number of likely N-dealkylation sites (N-methyl/N-ethyl adjacent to an activating group) is 1. The Kier molecular flexibility index (Phi) is 3.69. The molecule has 0 saturated carbocycles. The van der Waals surface area contributed by atoms with Crippen LogP contribution in [0, 0.1) is 0 Å². The van der Waals surface area contributed by atoms with Gasteiger partial charge in [0.25, 0.3) is 0 Å². The molecule has 1 atom stereocenters. The predicted molar refractivity (Wildman–Crippen MR) is 84.3 cm³/mol. The number of quaternary nitrogens is 1. The zero-order chi connectivity index (χ0) is 15.0. The fourth-order valence-electron chi connectivity index (χ4n) is 2.78. The van der Waals surface area contributed by atoms with Crippen LogP contribution in [0.25, 0.3) is 0 Å². The number of nitrogen functional groups attached to an aromatic ring is 1. The van der Waals surface area contributed by atoms with Gasteiger partial charge in [0.1, 0.15) is 12.3 Å². The van der Waals surface area contributed by atoms with Crippen molar-refractivity contribution >= 4 is 22.1 Å². The maximum absolute atomic E-state index is 12.8. The summed E-state index contributed by atoms with van der Waals surface area (Å²) in [5, 5.41) is 0.649. The molecule has 0 saturated heterocycles. The number of carbonyl (C=O) groups is 1. The van der Waals surface area contributed by atoms with Gasteiger partial charge < -0.3 is 15.4 Å². The van der Waals surface area contributed by atoms with E-state index in [0.717, 1.165) is 30.8 Å². The van der Waals surface area contributed by atoms with Gasteiger partial charge in [-0.25, -0.2) is 0 Å². The van der Waals surface area contributed by atoms with Crippen molar-refractivity contribution < 1.29 is 14.4 Å². The molecule has 5 heteroatoms. The molecule has 2 aromatic rings. The summed E-state index contributed by atoms with van der Waals surface area (Å²) in [6.45, 7) is 2.01. The first-order valence-corrected chi connectivity index (χ1v) is 7.82. The Balaban J connectivity index is 1.98. The second-order valence-electron chi connectivity index (χ2n) is 5.43. The summed E-state index contributed by atoms with van der Waals surface area (Å²) < 4.78 is 5.13. The number of fused-ring (bicyclic) bond motifs is 1. The Labute approximate surface area is 128 Å². The molecule has 3 rings (SSSR count). The van der Waals surface area contributed by atoms with E-state index in [0.29, 0.717) is 16.1 Å². The van der Waals surface area contributed by atoms with Crippen LogP contribution in [-0.2, 0) is 13.0 Å². The standard InChI is InChI=1S/C16H18N2O2S/c1-18-8-7-12-13(9-18)21-16(17)14(12)15(19)10-3-5-11(20-2)6-4-10/h3-6H,7-9,17H2,1-2H3/p+1. The van der Waals surface area contributed by atoms with Gasteiger partial charge >= 0.3 is 0 Å². The molecule has 110 valence electrons. The van der Waals surface area contributed by atoms with Gasteiger partial charge in [-0.1, -0.05) is 0 Å². The zero-order valence-corrected chi connectivity index (χ0v) is 13.0. The van der Waals surface area contributed by atoms with Crippen molar-refractivity contribution in [3.8, 4) is 5.75 Å². The fourth-order valence-corrected chi connectivity index (χ4v) is 4.01. The van der Waals surface area contributed by atoms with Crippen molar-refractivity contribution in [2.45, 2.75) is 13.0 Å². The highest BCUT2D eigenvalue weighted by Crippen LogP contribution is 2.34. The molecule has 0 aliphatic carbocycles. The second kappa shape index (κ2) is 5.50. The lowest BCUT2D eigenvalue weighted by Gasteiger charge is -2.19. The quantitative estimate of drug-likeness (QED) is 0.836. The molecule has 4 nitrogen and oxygen atoms in total. The van der Waals surface area contributed by atoms with E-state index in [1.807, 2.05) is 0 Å². The fraction of sp³-hybridized carbons (Fsp3) is 0.312. The average molecular weight is 303 g/mol. The Morgan fingerprint density at radius 1 is 1.33 bits per heavy atom. The second-order valence-corrected chi connectivity index (χ2v) is 6.57. The largest absolute Gasteiger partial charge is 0.497 e. The molecule has 0 spiro atoms. The monoisotopic (exact) mass is 303 g/mol. The van der Waals surface area contributed by atoms with Crippen LogP contribution in [0.4, 0.5) is 5.00 Å². The van der Waals surface area contributed by atoms with Crippen LogP contribution in [0.1, 0.15) is 26.4 Å². The number of ketones is 1. The normalized spacial score (nSPS) is 17.3. The Morgan fingerprint density at radius 3 is 2.71 bits per heavy atom. The lowest BCUT2D eigenvalue weighted by Crippen LogP contribution is -3.08. The van der Waals surface area contributed by atoms with E-state index in [9.17, 15) is 4.79 Å². The van der Waals surface area contributed by atoms with E-state index in [1.54, 1.807) is 42.7 Å². The molecule has 1 aliphatic heterocycles. The number of anilines is 1. The summed E-state index contributed by atoms with van der Waals surface area (Å²) in [7, 11) is 3.78. The average Bonchev–Trinajstić information content (AvgIpc) is 2.81. The van der Waals surface area contributed by atoms with Crippen LogP contribution in [-0.4, -0.2) is 26.5 Å². The molecular formula is C16H19N2O2S+. The minimum absolute atomic E-state index is 0.0206. The van der Waals surface area contributed by atoms with Crippen LogP contribution in [0.5, 0.6) is 5.75 Å². The molecule has 1 aliphatic rings. The molecular weight excluding hydrogens is 284 g/mol. The Morgan fingerprint density at radius 2 is 2.05 bits per heavy atom. The Hall–Kier alpha value is -1.85. The van der Waals surface area contributed by atoms with E-state index in [1.165, 1.54) is 9.78 Å². The minimum atomic E-state index is 0.0206. The van der Waals surface area contributed by atoms with Gasteiger partial charge in [0.05, 0.1) is 36.1 Å². The van der Waals surface area contributed by atoms with Crippen LogP contribution >= 0.6 is 11.3 Å². The number of nitrogens with two attached hydrogens (primary N) is 1. The van der Waals surface area contributed by atoms with Gasteiger partial charge in [0.15, 0.2) is 5.78 Å². The van der Waals surface area contributed by atoms with Gasteiger partial charge in [0, 0.05) is 12.0 Å². The summed E-state index contributed by atoms with van der Waals surface area (Å²) in [4.78, 5) is 15.5. The number of rotatable bonds is 3. The third-order valence-electron chi connectivity index (χ3n) is 3.96. The summed E-state index contributed by atoms with van der Waals surface area (Å²) >= 11 is 1.56. The number of hydrogen-bond donors (Lipinski definition) is 2. The van der Waals surface area contributed by atoms with Gasteiger partial charge in [-0.15, -0.1) is 11.3 Å². The number of methoxy groups -OCH3 is 1. The summed E-state index contributed by atoms with van der Waals surface area (Å²) in [6.07, 6.45) is 0.923. The van der Waals surface area contributed by atoms with E-state index < -0.39 is 0 Å². The summed E-state index contributed by atoms with van der Waals surface area (Å²) in [6, 6.07) is 7.20. The number of benzene rings is 1. The first kappa shape index (κ1) is 14.1. The molecule has 21 heavy (non-hydrogen) atoms. The molecule has 0 amide bonds. The van der Waals surface area contributed by atoms with E-state index in [2.05, 4.69) is 7.05 Å². The van der Waals surface area contributed by atoms with Gasteiger partial charge in [-0.2, -0.15) is 0 Å². The highest BCUT2D eigenvalue weighted by atomic mass is 32.1. The number of nitrogens with one attached hydrogen (secondary N) is 1. The van der Waals surface area contributed by atoms with Crippen LogP contribution in [0.15, 0.2) is 24.3 Å². The van der Waals surface area contributed by atoms with Crippen molar-refractivity contribution in [2.75, 3.05) is 26.4 Å². The molecule has 1 aromatic carbocycles. The van der Waals surface area contributed by atoms with E-state index in [-0.39, 0.29) is 5.78 Å². The molecule has 1 aromatic heterocycles. The first-order chi connectivity index (χ1) is 10.1. The summed E-state index contributed by atoms with van der Waals surface area (Å²) in [5.74, 6) is 0.768. The van der Waals surface area contributed by atoms with E-state index in [4.69, 9.17) is 10.5 Å². The maximum Gasteiger partial charge on any atom is 0.196 e. The minimum Gasteiger partial charge on any atom is -0.497 e. The van der Waals surface area contributed by atoms with Crippen LogP contribution in [0.3, 0.4) is 0 Å². The third-order valence-corrected chi connectivity index (χ3v) is 5.02. The van der Waals surface area contributed by atoms with Crippen molar-refractivity contribution in [3.63, 3.8) is 0 Å². The van der Waals surface area contributed by atoms with Gasteiger partial charge in [-0.3, -0.25) is 4.79 Å². The maximum atomic E-state index is 12.8. The lowest BCUT2D eigenvalue weighted by molar-refractivity contribution is -0.895. The summed E-state index contributed by atoms with van der Waals surface area (Å²) in [5.41, 5.74) is 8.66. The molecule has 3 N–H and O–H groups in total. The number of thiophene rings is 1. The van der Waals surface area contributed by atoms with Crippen molar-refractivity contribution in [3.05, 3.63) is 45.8 Å². The van der Waals surface area contributed by atoms with Gasteiger partial charge in [-0.05, 0) is 29.8 Å². The Bertz CT molecular complexity index is 676.